The van der Waals surface area contributed by atoms with E-state index in [1.807, 2.05) is 0 Å². The summed E-state index contributed by atoms with van der Waals surface area (Å²) in [4.78, 5) is 11.8. The molecular formula is C34H54O7. The molecule has 0 radical (unpaired) electrons. The third-order valence-electron chi connectivity index (χ3n) is 12.4. The summed E-state index contributed by atoms with van der Waals surface area (Å²) in [5.74, 6) is 3.15. The molecule has 6 aliphatic rings. The van der Waals surface area contributed by atoms with Gasteiger partial charge in [-0.25, -0.2) is 4.79 Å². The first-order valence-electron chi connectivity index (χ1n) is 16.8. The minimum absolute atomic E-state index is 0.0326. The molecule has 3 aliphatic carbocycles. The summed E-state index contributed by atoms with van der Waals surface area (Å²) >= 11 is 0. The Kier molecular flexibility index (Phi) is 9.20. The lowest BCUT2D eigenvalue weighted by Crippen LogP contribution is -2.54. The topological polar surface area (TPSA) is 83.5 Å². The molecule has 0 bridgehead atoms. The van der Waals surface area contributed by atoms with E-state index in [0.717, 1.165) is 70.0 Å². The van der Waals surface area contributed by atoms with E-state index < -0.39 is 0 Å². The summed E-state index contributed by atoms with van der Waals surface area (Å²) in [6.45, 7) is 10.8. The summed E-state index contributed by atoms with van der Waals surface area (Å²) in [5.41, 5.74) is 0.971. The summed E-state index contributed by atoms with van der Waals surface area (Å²) in [6, 6.07) is 0. The fourth-order valence-electron chi connectivity index (χ4n) is 10.0. The highest BCUT2D eigenvalue weighted by atomic mass is 16.7. The number of hydrogen-bond donors (Lipinski definition) is 1. The van der Waals surface area contributed by atoms with E-state index in [9.17, 15) is 9.90 Å². The monoisotopic (exact) mass is 574 g/mol. The minimum Gasteiger partial charge on any atom is -0.458 e. The average molecular weight is 575 g/mol. The maximum Gasteiger partial charge on any atom is 0.331 e. The zero-order chi connectivity index (χ0) is 28.7. The Morgan fingerprint density at radius 2 is 1.88 bits per heavy atom. The number of fused-ring (bicyclic) bond motifs is 3. The van der Waals surface area contributed by atoms with Crippen LogP contribution in [-0.2, 0) is 28.5 Å². The number of esters is 1. The molecule has 7 nitrogen and oxygen atoms in total. The molecule has 1 N–H and O–H groups in total. The van der Waals surface area contributed by atoms with E-state index in [1.165, 1.54) is 12.8 Å². The van der Waals surface area contributed by atoms with Crippen LogP contribution in [0.4, 0.5) is 0 Å². The second-order valence-electron chi connectivity index (χ2n) is 14.6. The number of aliphatic hydroxyl groups is 1. The van der Waals surface area contributed by atoms with E-state index in [2.05, 4.69) is 27.7 Å². The highest BCUT2D eigenvalue weighted by Gasteiger charge is 2.61. The standard InChI is InChI=1S/C34H54O7/c1-20-7-10-26-27(17-31(35)34(4)28(11-12-29(26)34)23-16-32(36)39-18-23)25(20)6-5-15-37-33-14-13-30(22(3)40-33)41-24-9-8-21(2)38-19-24/h16,20-22,24-31,33,35H,5-15,17-19H2,1-4H3/t20?,21?,22?,24?,25?,26?,27?,28?,29?,30-,31?,33?,34?/m0/s1. The van der Waals surface area contributed by atoms with Crippen molar-refractivity contribution in [1.82, 2.24) is 0 Å². The Balaban J connectivity index is 0.982. The van der Waals surface area contributed by atoms with Crippen molar-refractivity contribution in [2.24, 2.45) is 40.9 Å². The summed E-state index contributed by atoms with van der Waals surface area (Å²) in [6.07, 6.45) is 13.8. The summed E-state index contributed by atoms with van der Waals surface area (Å²) in [7, 11) is 0. The first-order valence-corrected chi connectivity index (χ1v) is 16.8. The molecule has 5 fully saturated rings. The van der Waals surface area contributed by atoms with Crippen LogP contribution in [0, 0.1) is 40.9 Å². The molecule has 0 spiro atoms. The summed E-state index contributed by atoms with van der Waals surface area (Å²) in [5, 5.41) is 11.7. The zero-order valence-electron chi connectivity index (χ0n) is 25.8. The number of hydrogen-bond acceptors (Lipinski definition) is 7. The highest BCUT2D eigenvalue weighted by Crippen LogP contribution is 2.64. The first kappa shape index (κ1) is 30.1. The molecule has 0 aromatic heterocycles. The Bertz CT molecular complexity index is 943. The maximum atomic E-state index is 11.8. The van der Waals surface area contributed by atoms with Crippen LogP contribution in [0.15, 0.2) is 11.6 Å². The quantitative estimate of drug-likeness (QED) is 0.289. The van der Waals surface area contributed by atoms with Crippen molar-refractivity contribution < 1.29 is 33.6 Å². The first-order chi connectivity index (χ1) is 19.7. The van der Waals surface area contributed by atoms with Gasteiger partial charge in [0, 0.05) is 24.5 Å². The van der Waals surface area contributed by atoms with Gasteiger partial charge in [-0.15, -0.1) is 0 Å². The molecule has 7 heteroatoms. The van der Waals surface area contributed by atoms with Crippen molar-refractivity contribution in [3.8, 4) is 0 Å². The highest BCUT2D eigenvalue weighted by molar-refractivity contribution is 5.85. The van der Waals surface area contributed by atoms with E-state index in [1.54, 1.807) is 6.08 Å². The van der Waals surface area contributed by atoms with Gasteiger partial charge in [0.25, 0.3) is 0 Å². The smallest absolute Gasteiger partial charge is 0.331 e. The normalized spacial score (nSPS) is 48.3. The largest absolute Gasteiger partial charge is 0.458 e. The van der Waals surface area contributed by atoms with Crippen LogP contribution >= 0.6 is 0 Å². The molecule has 2 saturated heterocycles. The van der Waals surface area contributed by atoms with E-state index in [0.29, 0.717) is 48.9 Å². The van der Waals surface area contributed by atoms with Gasteiger partial charge >= 0.3 is 5.97 Å². The van der Waals surface area contributed by atoms with E-state index in [4.69, 9.17) is 23.7 Å². The third kappa shape index (κ3) is 6.05. The Morgan fingerprint density at radius 3 is 2.61 bits per heavy atom. The van der Waals surface area contributed by atoms with Crippen molar-refractivity contribution in [1.29, 1.82) is 0 Å². The fraction of sp³-hybridized carbons (Fsp3) is 0.912. The van der Waals surface area contributed by atoms with Gasteiger partial charge in [-0.05, 0) is 113 Å². The van der Waals surface area contributed by atoms with Crippen LogP contribution < -0.4 is 0 Å². The van der Waals surface area contributed by atoms with E-state index in [-0.39, 0.29) is 48.0 Å². The number of carbonyl (C=O) groups is 1. The molecule has 0 amide bonds. The molecule has 13 atom stereocenters. The zero-order valence-corrected chi connectivity index (χ0v) is 25.8. The minimum atomic E-state index is -0.322. The van der Waals surface area contributed by atoms with Crippen LogP contribution in [-0.4, -0.2) is 67.7 Å². The SMILES string of the molecule is CC1CCC(O[C@H]2CCC(OCCCC3C(C)CCC4C3CC(O)C3(C)C(C5=CC(=O)OC5)CCC43)OC2C)CO1. The Morgan fingerprint density at radius 1 is 1.02 bits per heavy atom. The molecular weight excluding hydrogens is 520 g/mol. The number of aliphatic hydroxyl groups excluding tert-OH is 1. The lowest BCUT2D eigenvalue weighted by Gasteiger charge is -2.56. The van der Waals surface area contributed by atoms with Crippen LogP contribution in [0.5, 0.6) is 0 Å². The van der Waals surface area contributed by atoms with Gasteiger partial charge in [0.2, 0.25) is 0 Å². The molecule has 3 heterocycles. The van der Waals surface area contributed by atoms with Gasteiger partial charge in [-0.2, -0.15) is 0 Å². The molecule has 12 unspecified atom stereocenters. The van der Waals surface area contributed by atoms with E-state index >= 15 is 0 Å². The molecule has 0 aromatic rings. The lowest BCUT2D eigenvalue weighted by atomic mass is 9.49. The average Bonchev–Trinajstić information content (AvgIpc) is 3.54. The van der Waals surface area contributed by atoms with Gasteiger partial charge in [-0.1, -0.05) is 20.3 Å². The van der Waals surface area contributed by atoms with Gasteiger partial charge in [0.1, 0.15) is 6.61 Å². The van der Waals surface area contributed by atoms with Crippen molar-refractivity contribution >= 4 is 5.97 Å². The fourth-order valence-corrected chi connectivity index (χ4v) is 10.0. The van der Waals surface area contributed by atoms with Crippen LogP contribution in [0.2, 0.25) is 0 Å². The van der Waals surface area contributed by atoms with Gasteiger partial charge in [-0.3, -0.25) is 0 Å². The molecule has 6 rings (SSSR count). The second-order valence-corrected chi connectivity index (χ2v) is 14.6. The van der Waals surface area contributed by atoms with Crippen LogP contribution in [0.3, 0.4) is 0 Å². The Labute approximate surface area is 247 Å². The van der Waals surface area contributed by atoms with Crippen LogP contribution in [0.1, 0.15) is 98.3 Å². The van der Waals surface area contributed by atoms with Crippen molar-refractivity contribution in [2.75, 3.05) is 19.8 Å². The summed E-state index contributed by atoms with van der Waals surface area (Å²) < 4.78 is 29.9. The van der Waals surface area contributed by atoms with Crippen molar-refractivity contribution in [3.63, 3.8) is 0 Å². The van der Waals surface area contributed by atoms with Crippen LogP contribution in [0.25, 0.3) is 0 Å². The molecule has 3 aliphatic heterocycles. The predicted molar refractivity (Wildman–Crippen MR) is 155 cm³/mol. The lowest BCUT2D eigenvalue weighted by molar-refractivity contribution is -0.239. The molecule has 0 aromatic carbocycles. The third-order valence-corrected chi connectivity index (χ3v) is 12.4. The van der Waals surface area contributed by atoms with Gasteiger partial charge in [0.15, 0.2) is 6.29 Å². The molecule has 41 heavy (non-hydrogen) atoms. The molecule has 232 valence electrons. The number of rotatable bonds is 8. The molecule has 3 saturated carbocycles. The Hall–Kier alpha value is -0.990. The second kappa shape index (κ2) is 12.6. The predicted octanol–water partition coefficient (Wildman–Crippen LogP) is 5.82. The number of ether oxygens (including phenoxy) is 5. The van der Waals surface area contributed by atoms with Crippen molar-refractivity contribution in [3.05, 3.63) is 11.6 Å². The number of carbonyl (C=O) groups excluding carboxylic acids is 1. The maximum absolute atomic E-state index is 11.8. The van der Waals surface area contributed by atoms with Gasteiger partial charge < -0.3 is 28.8 Å². The number of cyclic esters (lactones) is 1. The van der Waals surface area contributed by atoms with Gasteiger partial charge in [0.05, 0.1) is 37.1 Å². The van der Waals surface area contributed by atoms with Crippen molar-refractivity contribution in [2.45, 2.75) is 135 Å².